The molecule has 2 aliphatic rings. The Morgan fingerprint density at radius 2 is 2.00 bits per heavy atom. The zero-order chi connectivity index (χ0) is 12.1. The van der Waals surface area contributed by atoms with Gasteiger partial charge in [-0.2, -0.15) is 4.79 Å². The Kier molecular flexibility index (Phi) is 2.02. The number of quaternary nitrogens is 1. The van der Waals surface area contributed by atoms with E-state index in [-0.39, 0.29) is 13.1 Å². The fourth-order valence-corrected chi connectivity index (χ4v) is 2.05. The van der Waals surface area contributed by atoms with Gasteiger partial charge in [-0.05, 0) is 6.92 Å². The van der Waals surface area contributed by atoms with Crippen LogP contribution in [0.15, 0.2) is 16.4 Å². The SMILES string of the molecule is CC1=N[N+](C)(C(=O)O)C2=C1CN(C(=O)O)C2. The Labute approximate surface area is 91.5 Å². The van der Waals surface area contributed by atoms with E-state index < -0.39 is 16.8 Å². The Hall–Kier alpha value is -1.89. The van der Waals surface area contributed by atoms with E-state index in [1.807, 2.05) is 0 Å². The molecule has 1 unspecified atom stereocenters. The molecular weight excluding hydrogens is 214 g/mol. The molecule has 2 rings (SSSR count). The van der Waals surface area contributed by atoms with Gasteiger partial charge in [0.2, 0.25) is 0 Å². The second kappa shape index (κ2) is 3.05. The maximum Gasteiger partial charge on any atom is 0.545 e. The van der Waals surface area contributed by atoms with Crippen molar-refractivity contribution < 1.29 is 24.4 Å². The van der Waals surface area contributed by atoms with Gasteiger partial charge in [0, 0.05) is 0 Å². The normalized spacial score (nSPS) is 28.1. The average molecular weight is 226 g/mol. The summed E-state index contributed by atoms with van der Waals surface area (Å²) >= 11 is 0. The summed E-state index contributed by atoms with van der Waals surface area (Å²) in [6.45, 7) is 2.03. The highest BCUT2D eigenvalue weighted by Crippen LogP contribution is 2.33. The molecule has 0 bridgehead atoms. The summed E-state index contributed by atoms with van der Waals surface area (Å²) in [6, 6.07) is 0. The van der Waals surface area contributed by atoms with E-state index in [1.54, 1.807) is 6.92 Å². The lowest BCUT2D eigenvalue weighted by Crippen LogP contribution is -2.43. The van der Waals surface area contributed by atoms with Gasteiger partial charge in [-0.25, -0.2) is 4.79 Å². The van der Waals surface area contributed by atoms with Gasteiger partial charge in [0.25, 0.3) is 0 Å². The molecule has 0 saturated heterocycles. The monoisotopic (exact) mass is 226 g/mol. The minimum absolute atomic E-state index is 0.105. The first kappa shape index (κ1) is 10.6. The van der Waals surface area contributed by atoms with Crippen LogP contribution in [0.4, 0.5) is 9.59 Å². The first-order valence-electron chi connectivity index (χ1n) is 4.74. The van der Waals surface area contributed by atoms with Crippen molar-refractivity contribution in [2.75, 3.05) is 20.1 Å². The van der Waals surface area contributed by atoms with Gasteiger partial charge >= 0.3 is 12.2 Å². The van der Waals surface area contributed by atoms with Crippen molar-refractivity contribution >= 4 is 17.9 Å². The van der Waals surface area contributed by atoms with Crippen LogP contribution in [0.3, 0.4) is 0 Å². The number of hydrogen-bond donors (Lipinski definition) is 2. The Morgan fingerprint density at radius 3 is 2.50 bits per heavy atom. The van der Waals surface area contributed by atoms with Gasteiger partial charge in [0.05, 0.1) is 12.1 Å². The van der Waals surface area contributed by atoms with E-state index in [1.165, 1.54) is 11.9 Å². The number of hydrogen-bond acceptors (Lipinski definition) is 3. The van der Waals surface area contributed by atoms with Gasteiger partial charge in [0.15, 0.2) is 5.70 Å². The lowest BCUT2D eigenvalue weighted by Gasteiger charge is -2.20. The topological polar surface area (TPSA) is 90.2 Å². The van der Waals surface area contributed by atoms with E-state index >= 15 is 0 Å². The molecule has 16 heavy (non-hydrogen) atoms. The molecule has 0 aromatic rings. The lowest BCUT2D eigenvalue weighted by molar-refractivity contribution is -0.802. The molecule has 2 amide bonds. The molecule has 0 radical (unpaired) electrons. The van der Waals surface area contributed by atoms with Crippen LogP contribution in [0, 0.1) is 0 Å². The molecule has 86 valence electrons. The van der Waals surface area contributed by atoms with Gasteiger partial charge in [-0.3, -0.25) is 4.90 Å². The third-order valence-corrected chi connectivity index (χ3v) is 2.99. The van der Waals surface area contributed by atoms with Crippen LogP contribution in [0.5, 0.6) is 0 Å². The smallest absolute Gasteiger partial charge is 0.465 e. The molecule has 0 saturated carbocycles. The second-order valence-corrected chi connectivity index (χ2v) is 3.99. The molecule has 1 atom stereocenters. The summed E-state index contributed by atoms with van der Waals surface area (Å²) in [4.78, 5) is 23.2. The Bertz CT molecular complexity index is 454. The summed E-state index contributed by atoms with van der Waals surface area (Å²) in [5.74, 6) is 0. The fraction of sp³-hybridized carbons (Fsp3) is 0.444. The highest BCUT2D eigenvalue weighted by atomic mass is 16.4. The molecule has 0 aromatic carbocycles. The largest absolute Gasteiger partial charge is 0.545 e. The summed E-state index contributed by atoms with van der Waals surface area (Å²) < 4.78 is -0.578. The number of likely N-dealkylation sites (N-methyl/N-ethyl adjacent to an activating group) is 1. The molecule has 2 N–H and O–H groups in total. The first-order valence-corrected chi connectivity index (χ1v) is 4.74. The van der Waals surface area contributed by atoms with Crippen molar-refractivity contribution in [2.24, 2.45) is 5.10 Å². The van der Waals surface area contributed by atoms with Gasteiger partial charge in [0.1, 0.15) is 19.3 Å². The first-order chi connectivity index (χ1) is 7.36. The second-order valence-electron chi connectivity index (χ2n) is 3.99. The van der Waals surface area contributed by atoms with Crippen LogP contribution in [0.2, 0.25) is 0 Å². The van der Waals surface area contributed by atoms with Crippen molar-refractivity contribution in [1.29, 1.82) is 0 Å². The molecule has 0 aromatic heterocycles. The maximum atomic E-state index is 11.2. The summed E-state index contributed by atoms with van der Waals surface area (Å²) in [6.07, 6.45) is -2.14. The number of nitrogens with zero attached hydrogens (tertiary/aromatic N) is 3. The lowest BCUT2D eigenvalue weighted by atomic mass is 10.2. The summed E-state index contributed by atoms with van der Waals surface area (Å²) in [5, 5.41) is 22.1. The van der Waals surface area contributed by atoms with Crippen LogP contribution in [-0.2, 0) is 0 Å². The number of carbonyl (C=O) groups is 2. The Morgan fingerprint density at radius 1 is 1.38 bits per heavy atom. The van der Waals surface area contributed by atoms with Crippen LogP contribution >= 0.6 is 0 Å². The number of amides is 2. The quantitative estimate of drug-likeness (QED) is 0.596. The minimum Gasteiger partial charge on any atom is -0.465 e. The standard InChI is InChI=1S/C9H11N3O4/c1-5-6-3-11(8(13)14)4-7(6)12(2,10-5)9(15)16/h3-4H2,1-2H3,(H-,13,14,15,16)/p+1. The zero-order valence-corrected chi connectivity index (χ0v) is 8.97. The third-order valence-electron chi connectivity index (χ3n) is 2.99. The Balaban J connectivity index is 2.38. The maximum absolute atomic E-state index is 11.2. The molecule has 0 aliphatic carbocycles. The number of rotatable bonds is 0. The van der Waals surface area contributed by atoms with Crippen molar-refractivity contribution in [3.63, 3.8) is 0 Å². The molecule has 7 heteroatoms. The molecular formula is C9H12N3O4+. The predicted octanol–water partition coefficient (Wildman–Crippen LogP) is 0.748. The third kappa shape index (κ3) is 1.21. The van der Waals surface area contributed by atoms with Crippen LogP contribution in [-0.4, -0.2) is 57.7 Å². The van der Waals surface area contributed by atoms with Gasteiger partial charge < -0.3 is 10.2 Å². The van der Waals surface area contributed by atoms with E-state index in [0.29, 0.717) is 11.4 Å². The molecule has 2 aliphatic heterocycles. The summed E-state index contributed by atoms with van der Waals surface area (Å²) in [5.41, 5.74) is 1.86. The minimum atomic E-state index is -1.10. The number of carboxylic acid groups (broad SMARTS) is 2. The van der Waals surface area contributed by atoms with Crippen molar-refractivity contribution in [3.05, 3.63) is 11.3 Å². The van der Waals surface area contributed by atoms with E-state index in [9.17, 15) is 9.59 Å². The van der Waals surface area contributed by atoms with Crippen LogP contribution < -0.4 is 0 Å². The molecule has 2 heterocycles. The molecule has 7 nitrogen and oxygen atoms in total. The van der Waals surface area contributed by atoms with Crippen LogP contribution in [0.1, 0.15) is 6.92 Å². The van der Waals surface area contributed by atoms with Gasteiger partial charge in [-0.1, -0.05) is 9.69 Å². The van der Waals surface area contributed by atoms with Gasteiger partial charge in [-0.15, -0.1) is 0 Å². The molecule has 0 fully saturated rings. The van der Waals surface area contributed by atoms with Crippen molar-refractivity contribution in [1.82, 2.24) is 4.90 Å². The van der Waals surface area contributed by atoms with E-state index in [4.69, 9.17) is 10.2 Å². The fourth-order valence-electron chi connectivity index (χ4n) is 2.05. The van der Waals surface area contributed by atoms with E-state index in [0.717, 1.165) is 5.57 Å². The highest BCUT2D eigenvalue weighted by molar-refractivity contribution is 6.01. The van der Waals surface area contributed by atoms with Crippen molar-refractivity contribution in [2.45, 2.75) is 6.92 Å². The van der Waals surface area contributed by atoms with Crippen LogP contribution in [0.25, 0.3) is 0 Å². The predicted molar refractivity (Wildman–Crippen MR) is 53.9 cm³/mol. The average Bonchev–Trinajstić information content (AvgIpc) is 2.69. The van der Waals surface area contributed by atoms with E-state index in [2.05, 4.69) is 5.10 Å². The molecule has 0 spiro atoms. The van der Waals surface area contributed by atoms with Crippen molar-refractivity contribution in [3.8, 4) is 0 Å². The zero-order valence-electron chi connectivity index (χ0n) is 8.97. The summed E-state index contributed by atoms with van der Waals surface area (Å²) in [7, 11) is 1.44. The highest BCUT2D eigenvalue weighted by Gasteiger charge is 2.50.